The molecule has 0 amide bonds. The number of carboxylic acid groups (broad SMARTS) is 1. The Labute approximate surface area is 139 Å². The lowest BCUT2D eigenvalue weighted by Gasteiger charge is -2.58. The fraction of sp³-hybridized carbons (Fsp3) is 0.750. The molecular weight excluding hydrogens is 288 g/mol. The van der Waals surface area contributed by atoms with Crippen LogP contribution in [0, 0.1) is 28.6 Å². The van der Waals surface area contributed by atoms with E-state index in [-0.39, 0.29) is 11.3 Å². The Hall–Kier alpha value is -1.09. The number of carboxylic acids is 1. The summed E-state index contributed by atoms with van der Waals surface area (Å²) in [4.78, 5) is 12.0. The first-order valence-corrected chi connectivity index (χ1v) is 9.04. The van der Waals surface area contributed by atoms with Crippen LogP contribution in [0.5, 0.6) is 0 Å². The van der Waals surface area contributed by atoms with E-state index in [4.69, 9.17) is 0 Å². The SMILES string of the molecule is CC(C)C1=CC2=CC(O)[C@@H]3[C@](C)(CCC[C@@]3(C)C(=O)O)[C@H]2CC1. The average molecular weight is 318 g/mol. The molecule has 3 rings (SSSR count). The molecule has 0 aromatic heterocycles. The van der Waals surface area contributed by atoms with Gasteiger partial charge in [0.15, 0.2) is 0 Å². The van der Waals surface area contributed by atoms with Crippen molar-refractivity contribution in [2.45, 2.75) is 65.9 Å². The Bertz CT molecular complexity index is 573. The van der Waals surface area contributed by atoms with Crippen molar-refractivity contribution >= 4 is 5.97 Å². The zero-order chi connectivity index (χ0) is 17.0. The van der Waals surface area contributed by atoms with Crippen molar-refractivity contribution in [1.82, 2.24) is 0 Å². The second kappa shape index (κ2) is 5.47. The molecule has 3 aliphatic rings. The zero-order valence-corrected chi connectivity index (χ0v) is 14.8. The van der Waals surface area contributed by atoms with Gasteiger partial charge in [-0.3, -0.25) is 4.79 Å². The topological polar surface area (TPSA) is 57.5 Å². The van der Waals surface area contributed by atoms with Gasteiger partial charge in [-0.25, -0.2) is 0 Å². The summed E-state index contributed by atoms with van der Waals surface area (Å²) in [5, 5.41) is 20.7. The molecule has 1 unspecified atom stereocenters. The third kappa shape index (κ3) is 2.39. The van der Waals surface area contributed by atoms with Gasteiger partial charge in [0.25, 0.3) is 0 Å². The van der Waals surface area contributed by atoms with Crippen LogP contribution >= 0.6 is 0 Å². The minimum atomic E-state index is -0.823. The summed E-state index contributed by atoms with van der Waals surface area (Å²) in [7, 11) is 0. The number of rotatable bonds is 2. The number of hydrogen-bond donors (Lipinski definition) is 2. The van der Waals surface area contributed by atoms with E-state index in [0.29, 0.717) is 18.3 Å². The van der Waals surface area contributed by atoms with Crippen LogP contribution in [-0.4, -0.2) is 22.3 Å². The van der Waals surface area contributed by atoms with Crippen molar-refractivity contribution < 1.29 is 15.0 Å². The van der Waals surface area contributed by atoms with E-state index in [0.717, 1.165) is 25.7 Å². The molecule has 0 heterocycles. The molecule has 5 atom stereocenters. The van der Waals surface area contributed by atoms with Crippen LogP contribution in [0.4, 0.5) is 0 Å². The molecule has 3 heteroatoms. The molecule has 0 aromatic rings. The Balaban J connectivity index is 2.07. The van der Waals surface area contributed by atoms with Gasteiger partial charge in [0.1, 0.15) is 0 Å². The van der Waals surface area contributed by atoms with Crippen molar-refractivity contribution in [2.75, 3.05) is 0 Å². The maximum absolute atomic E-state index is 12.0. The van der Waals surface area contributed by atoms with Crippen LogP contribution in [0.1, 0.15) is 59.8 Å². The fourth-order valence-electron chi connectivity index (χ4n) is 5.76. The summed E-state index contributed by atoms with van der Waals surface area (Å²) in [5.74, 6) is -0.0184. The van der Waals surface area contributed by atoms with Crippen LogP contribution in [-0.2, 0) is 4.79 Å². The highest BCUT2D eigenvalue weighted by Crippen LogP contribution is 2.62. The predicted molar refractivity (Wildman–Crippen MR) is 90.9 cm³/mol. The minimum absolute atomic E-state index is 0.117. The maximum Gasteiger partial charge on any atom is 0.309 e. The largest absolute Gasteiger partial charge is 0.481 e. The summed E-state index contributed by atoms with van der Waals surface area (Å²) in [6.07, 6.45) is 8.41. The smallest absolute Gasteiger partial charge is 0.309 e. The van der Waals surface area contributed by atoms with Gasteiger partial charge in [-0.05, 0) is 55.4 Å². The lowest BCUT2D eigenvalue weighted by atomic mass is 9.46. The molecular formula is C20H30O3. The van der Waals surface area contributed by atoms with Crippen molar-refractivity contribution in [3.8, 4) is 0 Å². The second-order valence-electron chi connectivity index (χ2n) is 8.68. The fourth-order valence-corrected chi connectivity index (χ4v) is 5.76. The Morgan fingerprint density at radius 1 is 1.30 bits per heavy atom. The van der Waals surface area contributed by atoms with E-state index in [1.165, 1.54) is 11.1 Å². The molecule has 0 radical (unpaired) electrons. The van der Waals surface area contributed by atoms with E-state index in [2.05, 4.69) is 26.8 Å². The average Bonchev–Trinajstić information content (AvgIpc) is 2.46. The van der Waals surface area contributed by atoms with Gasteiger partial charge in [-0.15, -0.1) is 0 Å². The van der Waals surface area contributed by atoms with E-state index in [1.54, 1.807) is 0 Å². The number of allylic oxidation sites excluding steroid dienone is 3. The predicted octanol–water partition coefficient (Wildman–Crippen LogP) is 4.18. The molecule has 128 valence electrons. The summed E-state index contributed by atoms with van der Waals surface area (Å²) < 4.78 is 0. The molecule has 2 N–H and O–H groups in total. The molecule has 0 aliphatic heterocycles. The van der Waals surface area contributed by atoms with Crippen LogP contribution in [0.2, 0.25) is 0 Å². The quantitative estimate of drug-likeness (QED) is 0.803. The number of aliphatic carboxylic acids is 1. The van der Waals surface area contributed by atoms with Gasteiger partial charge < -0.3 is 10.2 Å². The molecule has 0 bridgehead atoms. The molecule has 0 saturated heterocycles. The number of aliphatic hydroxyl groups is 1. The highest BCUT2D eigenvalue weighted by Gasteiger charge is 2.60. The molecule has 0 spiro atoms. The lowest BCUT2D eigenvalue weighted by Crippen LogP contribution is -2.57. The van der Waals surface area contributed by atoms with Gasteiger partial charge >= 0.3 is 5.97 Å². The summed E-state index contributed by atoms with van der Waals surface area (Å²) in [6.45, 7) is 8.52. The van der Waals surface area contributed by atoms with Crippen LogP contribution in [0.15, 0.2) is 23.3 Å². The summed E-state index contributed by atoms with van der Waals surface area (Å²) >= 11 is 0. The number of fused-ring (bicyclic) bond motifs is 3. The van der Waals surface area contributed by atoms with Crippen LogP contribution in [0.25, 0.3) is 0 Å². The van der Waals surface area contributed by atoms with Crippen molar-refractivity contribution in [3.05, 3.63) is 23.3 Å². The normalized spacial score (nSPS) is 43.3. The summed E-state index contributed by atoms with van der Waals surface area (Å²) in [6, 6.07) is 0. The molecule has 0 aromatic carbocycles. The molecule has 23 heavy (non-hydrogen) atoms. The van der Waals surface area contributed by atoms with E-state index in [1.807, 2.05) is 13.0 Å². The van der Waals surface area contributed by atoms with Crippen molar-refractivity contribution in [1.29, 1.82) is 0 Å². The van der Waals surface area contributed by atoms with Gasteiger partial charge in [-0.2, -0.15) is 0 Å². The van der Waals surface area contributed by atoms with Crippen molar-refractivity contribution in [3.63, 3.8) is 0 Å². The van der Waals surface area contributed by atoms with Crippen LogP contribution < -0.4 is 0 Å². The van der Waals surface area contributed by atoms with Crippen molar-refractivity contribution in [2.24, 2.45) is 28.6 Å². The second-order valence-corrected chi connectivity index (χ2v) is 8.68. The molecule has 1 saturated carbocycles. The Morgan fingerprint density at radius 3 is 2.61 bits per heavy atom. The minimum Gasteiger partial charge on any atom is -0.481 e. The van der Waals surface area contributed by atoms with Gasteiger partial charge in [0.2, 0.25) is 0 Å². The van der Waals surface area contributed by atoms with Gasteiger partial charge in [0.05, 0.1) is 11.5 Å². The molecule has 3 nitrogen and oxygen atoms in total. The monoisotopic (exact) mass is 318 g/mol. The zero-order valence-electron chi connectivity index (χ0n) is 14.8. The first kappa shape index (κ1) is 16.8. The van der Waals surface area contributed by atoms with Crippen LogP contribution in [0.3, 0.4) is 0 Å². The number of hydrogen-bond acceptors (Lipinski definition) is 2. The number of aliphatic hydroxyl groups excluding tert-OH is 1. The maximum atomic E-state index is 12.0. The Kier molecular flexibility index (Phi) is 3.99. The molecule has 3 aliphatic carbocycles. The highest BCUT2D eigenvalue weighted by molar-refractivity contribution is 5.75. The van der Waals surface area contributed by atoms with E-state index in [9.17, 15) is 15.0 Å². The van der Waals surface area contributed by atoms with E-state index >= 15 is 0 Å². The first-order chi connectivity index (χ1) is 10.7. The highest BCUT2D eigenvalue weighted by atomic mass is 16.4. The van der Waals surface area contributed by atoms with E-state index < -0.39 is 17.5 Å². The van der Waals surface area contributed by atoms with Gasteiger partial charge in [0, 0.05) is 5.92 Å². The standard InChI is InChI=1S/C20H30O3/c1-12(2)13-6-7-15-14(10-13)11-16(21)17-19(15,3)8-5-9-20(17,4)18(22)23/h10-12,15-17,21H,5-9H2,1-4H3,(H,22,23)/t15-,16?,17+,19+,20+/m0/s1. The third-order valence-corrected chi connectivity index (χ3v) is 7.02. The lowest BCUT2D eigenvalue weighted by molar-refractivity contribution is -0.171. The third-order valence-electron chi connectivity index (χ3n) is 7.02. The summed E-state index contributed by atoms with van der Waals surface area (Å²) in [5.41, 5.74) is 1.77. The number of carbonyl (C=O) groups is 1. The Morgan fingerprint density at radius 2 is 2.00 bits per heavy atom. The van der Waals surface area contributed by atoms with Gasteiger partial charge in [-0.1, -0.05) is 44.9 Å². The molecule has 1 fully saturated rings. The first-order valence-electron chi connectivity index (χ1n) is 9.04.